The molecule has 0 saturated carbocycles. The van der Waals surface area contributed by atoms with Crippen LogP contribution in [0, 0.1) is 6.92 Å². The van der Waals surface area contributed by atoms with E-state index >= 15 is 0 Å². The number of carbonyl (C=O) groups excluding carboxylic acids is 1. The van der Waals surface area contributed by atoms with Gasteiger partial charge in [-0.05, 0) is 36.8 Å². The van der Waals surface area contributed by atoms with E-state index < -0.39 is 0 Å². The topological polar surface area (TPSA) is 68.0 Å². The number of benzene rings is 1. The summed E-state index contributed by atoms with van der Waals surface area (Å²) in [6.45, 7) is 1.91. The number of nitrogens with zero attached hydrogens (tertiary/aromatic N) is 1. The summed E-state index contributed by atoms with van der Waals surface area (Å²) in [7, 11) is 0. The fourth-order valence-corrected chi connectivity index (χ4v) is 2.15. The van der Waals surface area contributed by atoms with Crippen molar-refractivity contribution in [2.24, 2.45) is 0 Å². The number of nitrogen functional groups attached to an aromatic ring is 1. The van der Waals surface area contributed by atoms with Gasteiger partial charge in [-0.25, -0.2) is 4.98 Å². The van der Waals surface area contributed by atoms with Gasteiger partial charge in [0, 0.05) is 15.7 Å². The summed E-state index contributed by atoms with van der Waals surface area (Å²) in [6.07, 6.45) is 0. The minimum atomic E-state index is -0.280. The van der Waals surface area contributed by atoms with Crippen molar-refractivity contribution in [2.45, 2.75) is 6.92 Å². The standard InChI is InChI=1S/C13H11BrClN3O/c1-7-2-3-9(14)6-10(7)17-13(19)8-4-11(15)18-12(16)5-8/h2-6H,1H3,(H2,16,18)(H,17,19). The van der Waals surface area contributed by atoms with Crippen molar-refractivity contribution < 1.29 is 4.79 Å². The molecule has 0 aliphatic heterocycles. The van der Waals surface area contributed by atoms with Crippen molar-refractivity contribution >= 4 is 44.9 Å². The summed E-state index contributed by atoms with van der Waals surface area (Å²) in [5.41, 5.74) is 7.62. The Morgan fingerprint density at radius 1 is 1.37 bits per heavy atom. The van der Waals surface area contributed by atoms with Crippen molar-refractivity contribution in [3.63, 3.8) is 0 Å². The Labute approximate surface area is 124 Å². The van der Waals surface area contributed by atoms with E-state index in [2.05, 4.69) is 26.2 Å². The van der Waals surface area contributed by atoms with Crippen molar-refractivity contribution in [3.05, 3.63) is 51.1 Å². The van der Waals surface area contributed by atoms with Gasteiger partial charge in [-0.2, -0.15) is 0 Å². The molecule has 1 amide bonds. The van der Waals surface area contributed by atoms with Gasteiger partial charge in [-0.1, -0.05) is 33.6 Å². The van der Waals surface area contributed by atoms with Gasteiger partial charge in [0.1, 0.15) is 11.0 Å². The van der Waals surface area contributed by atoms with Gasteiger partial charge in [-0.3, -0.25) is 4.79 Å². The molecule has 19 heavy (non-hydrogen) atoms. The SMILES string of the molecule is Cc1ccc(Br)cc1NC(=O)c1cc(N)nc(Cl)c1. The van der Waals surface area contributed by atoms with E-state index in [1.807, 2.05) is 25.1 Å². The molecule has 98 valence electrons. The van der Waals surface area contributed by atoms with Gasteiger partial charge >= 0.3 is 0 Å². The number of halogens is 2. The van der Waals surface area contributed by atoms with Gasteiger partial charge in [0.2, 0.25) is 0 Å². The van der Waals surface area contributed by atoms with Crippen LogP contribution in [0.1, 0.15) is 15.9 Å². The Morgan fingerprint density at radius 2 is 2.11 bits per heavy atom. The molecular formula is C13H11BrClN3O. The third-order valence-electron chi connectivity index (χ3n) is 2.52. The Balaban J connectivity index is 2.28. The second-order valence-electron chi connectivity index (χ2n) is 4.02. The van der Waals surface area contributed by atoms with Crippen LogP contribution in [-0.2, 0) is 0 Å². The summed E-state index contributed by atoms with van der Waals surface area (Å²) < 4.78 is 0.890. The number of nitrogens with one attached hydrogen (secondary N) is 1. The minimum absolute atomic E-state index is 0.191. The molecule has 2 aromatic rings. The van der Waals surface area contributed by atoms with E-state index in [9.17, 15) is 4.79 Å². The Hall–Kier alpha value is -1.59. The maximum absolute atomic E-state index is 12.1. The molecule has 6 heteroatoms. The molecule has 0 unspecified atom stereocenters. The molecule has 0 spiro atoms. The largest absolute Gasteiger partial charge is 0.384 e. The number of pyridine rings is 1. The zero-order valence-electron chi connectivity index (χ0n) is 10.1. The highest BCUT2D eigenvalue weighted by atomic mass is 79.9. The monoisotopic (exact) mass is 339 g/mol. The van der Waals surface area contributed by atoms with E-state index in [0.29, 0.717) is 5.56 Å². The Bertz CT molecular complexity index is 626. The summed E-state index contributed by atoms with van der Waals surface area (Å²) in [4.78, 5) is 15.9. The normalized spacial score (nSPS) is 10.3. The van der Waals surface area contributed by atoms with Crippen LogP contribution in [0.5, 0.6) is 0 Å². The highest BCUT2D eigenvalue weighted by molar-refractivity contribution is 9.10. The summed E-state index contributed by atoms with van der Waals surface area (Å²) in [5.74, 6) is -0.0687. The molecule has 0 fully saturated rings. The summed E-state index contributed by atoms with van der Waals surface area (Å²) in [5, 5.41) is 3.00. The molecule has 3 N–H and O–H groups in total. The molecule has 4 nitrogen and oxygen atoms in total. The van der Waals surface area contributed by atoms with E-state index in [1.54, 1.807) is 0 Å². The third kappa shape index (κ3) is 3.45. The predicted molar refractivity (Wildman–Crippen MR) is 80.5 cm³/mol. The minimum Gasteiger partial charge on any atom is -0.384 e. The van der Waals surface area contributed by atoms with Gasteiger partial charge < -0.3 is 11.1 Å². The van der Waals surface area contributed by atoms with Crippen LogP contribution in [0.4, 0.5) is 11.5 Å². The predicted octanol–water partition coefficient (Wildman–Crippen LogP) is 3.64. The van der Waals surface area contributed by atoms with Crippen LogP contribution in [0.15, 0.2) is 34.8 Å². The molecule has 1 aromatic heterocycles. The molecule has 0 aliphatic rings. The van der Waals surface area contributed by atoms with Crippen LogP contribution >= 0.6 is 27.5 Å². The van der Waals surface area contributed by atoms with Crippen molar-refractivity contribution in [3.8, 4) is 0 Å². The van der Waals surface area contributed by atoms with Gasteiger partial charge in [-0.15, -0.1) is 0 Å². The number of rotatable bonds is 2. The van der Waals surface area contributed by atoms with Crippen molar-refractivity contribution in [1.82, 2.24) is 4.98 Å². The van der Waals surface area contributed by atoms with E-state index in [1.165, 1.54) is 12.1 Å². The van der Waals surface area contributed by atoms with Crippen LogP contribution in [0.3, 0.4) is 0 Å². The lowest BCUT2D eigenvalue weighted by atomic mass is 10.2. The van der Waals surface area contributed by atoms with E-state index in [0.717, 1.165) is 15.7 Å². The molecule has 0 aliphatic carbocycles. The molecule has 1 heterocycles. The number of nitrogens with two attached hydrogens (primary N) is 1. The molecule has 1 aromatic carbocycles. The highest BCUT2D eigenvalue weighted by Crippen LogP contribution is 2.22. The fraction of sp³-hybridized carbons (Fsp3) is 0.0769. The Morgan fingerprint density at radius 3 is 2.79 bits per heavy atom. The third-order valence-corrected chi connectivity index (χ3v) is 3.21. The second kappa shape index (κ2) is 5.59. The molecule has 0 saturated heterocycles. The average molecular weight is 341 g/mol. The number of hydrogen-bond acceptors (Lipinski definition) is 3. The first-order valence-corrected chi connectivity index (χ1v) is 6.63. The molecule has 2 rings (SSSR count). The van der Waals surface area contributed by atoms with Crippen LogP contribution in [0.2, 0.25) is 5.15 Å². The first-order valence-electron chi connectivity index (χ1n) is 5.46. The number of carbonyl (C=O) groups is 1. The fourth-order valence-electron chi connectivity index (χ4n) is 1.57. The van der Waals surface area contributed by atoms with Crippen molar-refractivity contribution in [1.29, 1.82) is 0 Å². The quantitative estimate of drug-likeness (QED) is 0.820. The lowest BCUT2D eigenvalue weighted by Crippen LogP contribution is -2.13. The van der Waals surface area contributed by atoms with Crippen LogP contribution < -0.4 is 11.1 Å². The number of anilines is 2. The smallest absolute Gasteiger partial charge is 0.255 e. The molecule has 0 atom stereocenters. The highest BCUT2D eigenvalue weighted by Gasteiger charge is 2.10. The summed E-state index contributed by atoms with van der Waals surface area (Å²) in [6, 6.07) is 8.61. The lowest BCUT2D eigenvalue weighted by molar-refractivity contribution is 0.102. The number of aromatic nitrogens is 1. The lowest BCUT2D eigenvalue weighted by Gasteiger charge is -2.09. The second-order valence-corrected chi connectivity index (χ2v) is 5.32. The zero-order valence-corrected chi connectivity index (χ0v) is 12.4. The number of amides is 1. The first kappa shape index (κ1) is 13.8. The average Bonchev–Trinajstić information content (AvgIpc) is 2.32. The molecule has 0 bridgehead atoms. The van der Waals surface area contributed by atoms with Gasteiger partial charge in [0.15, 0.2) is 0 Å². The van der Waals surface area contributed by atoms with E-state index in [-0.39, 0.29) is 16.9 Å². The van der Waals surface area contributed by atoms with Gasteiger partial charge in [0.25, 0.3) is 5.91 Å². The number of aryl methyl sites for hydroxylation is 1. The molecule has 0 radical (unpaired) electrons. The zero-order chi connectivity index (χ0) is 14.0. The maximum atomic E-state index is 12.1. The van der Waals surface area contributed by atoms with Crippen molar-refractivity contribution in [2.75, 3.05) is 11.1 Å². The van der Waals surface area contributed by atoms with Crippen LogP contribution in [-0.4, -0.2) is 10.9 Å². The first-order chi connectivity index (χ1) is 8.95. The van der Waals surface area contributed by atoms with Crippen LogP contribution in [0.25, 0.3) is 0 Å². The van der Waals surface area contributed by atoms with Gasteiger partial charge in [0.05, 0.1) is 0 Å². The molecular weight excluding hydrogens is 330 g/mol. The van der Waals surface area contributed by atoms with E-state index in [4.69, 9.17) is 17.3 Å². The number of hydrogen-bond donors (Lipinski definition) is 2. The summed E-state index contributed by atoms with van der Waals surface area (Å²) >= 11 is 9.14. The maximum Gasteiger partial charge on any atom is 0.255 e. The Kier molecular flexibility index (Phi) is 4.07.